The van der Waals surface area contributed by atoms with Crippen LogP contribution in [-0.4, -0.2) is 20.0 Å². The van der Waals surface area contributed by atoms with Crippen LogP contribution in [0.1, 0.15) is 17.3 Å². The Morgan fingerprint density at radius 3 is 2.14 bits per heavy atom. The molecular weight excluding hydrogens is 275 g/mol. The van der Waals surface area contributed by atoms with Crippen LogP contribution < -0.4 is 14.2 Å². The van der Waals surface area contributed by atoms with Gasteiger partial charge in [-0.2, -0.15) is 0 Å². The fraction of sp³-hybridized carbons (Fsp3) is 0.188. The number of para-hydroxylation sites is 1. The number of ketones is 1. The number of hydrogen-bond acceptors (Lipinski definition) is 4. The molecule has 0 bridgehead atoms. The fourth-order valence-corrected chi connectivity index (χ4v) is 1.89. The van der Waals surface area contributed by atoms with E-state index in [1.54, 1.807) is 18.2 Å². The fourth-order valence-electron chi connectivity index (χ4n) is 1.89. The molecule has 0 amide bonds. The first kappa shape index (κ1) is 14.8. The molecule has 0 unspecified atom stereocenters. The second kappa shape index (κ2) is 6.26. The van der Waals surface area contributed by atoms with Crippen molar-refractivity contribution in [3.63, 3.8) is 0 Å². The zero-order valence-corrected chi connectivity index (χ0v) is 12.0. The third kappa shape index (κ3) is 3.13. The number of ether oxygens (including phenoxy) is 3. The van der Waals surface area contributed by atoms with Crippen LogP contribution in [0.2, 0.25) is 0 Å². The minimum absolute atomic E-state index is 0.156. The maximum Gasteiger partial charge on any atom is 0.211 e. The van der Waals surface area contributed by atoms with Crippen molar-refractivity contribution in [2.24, 2.45) is 0 Å². The first-order valence-electron chi connectivity index (χ1n) is 6.26. The lowest BCUT2D eigenvalue weighted by molar-refractivity contribution is 0.101. The van der Waals surface area contributed by atoms with Crippen LogP contribution in [-0.2, 0) is 0 Å². The number of benzene rings is 2. The van der Waals surface area contributed by atoms with Crippen molar-refractivity contribution in [3.05, 3.63) is 47.8 Å². The molecule has 0 aliphatic carbocycles. The number of Topliss-reactive ketones (excluding diaryl/α,β-unsaturated/α-hetero) is 1. The summed E-state index contributed by atoms with van der Waals surface area (Å²) in [4.78, 5) is 11.6. The van der Waals surface area contributed by atoms with Crippen molar-refractivity contribution < 1.29 is 23.4 Å². The van der Waals surface area contributed by atoms with Crippen molar-refractivity contribution in [1.29, 1.82) is 0 Å². The van der Waals surface area contributed by atoms with Gasteiger partial charge in [0.2, 0.25) is 5.75 Å². The molecule has 4 nitrogen and oxygen atoms in total. The molecular formula is C16H15FO4. The van der Waals surface area contributed by atoms with Crippen LogP contribution >= 0.6 is 0 Å². The van der Waals surface area contributed by atoms with Gasteiger partial charge in [0.1, 0.15) is 11.6 Å². The minimum Gasteiger partial charge on any atom is -0.493 e. The monoisotopic (exact) mass is 290 g/mol. The molecule has 0 aromatic heterocycles. The Kier molecular flexibility index (Phi) is 4.42. The number of carbonyl (C=O) groups is 1. The van der Waals surface area contributed by atoms with E-state index < -0.39 is 5.82 Å². The van der Waals surface area contributed by atoms with Crippen molar-refractivity contribution in [2.75, 3.05) is 14.2 Å². The van der Waals surface area contributed by atoms with Gasteiger partial charge in [-0.05, 0) is 37.3 Å². The molecule has 0 spiro atoms. The second-order valence-corrected chi connectivity index (χ2v) is 4.29. The Hall–Kier alpha value is -2.56. The van der Waals surface area contributed by atoms with E-state index in [1.807, 2.05) is 0 Å². The predicted octanol–water partition coefficient (Wildman–Crippen LogP) is 3.84. The van der Waals surface area contributed by atoms with Gasteiger partial charge >= 0.3 is 0 Å². The van der Waals surface area contributed by atoms with Crippen molar-refractivity contribution in [2.45, 2.75) is 6.92 Å². The summed E-state index contributed by atoms with van der Waals surface area (Å²) < 4.78 is 29.5. The lowest BCUT2D eigenvalue weighted by atomic mass is 10.1. The highest BCUT2D eigenvalue weighted by Crippen LogP contribution is 2.40. The Morgan fingerprint density at radius 1 is 1.00 bits per heavy atom. The maximum atomic E-state index is 13.3. The van der Waals surface area contributed by atoms with E-state index in [9.17, 15) is 9.18 Å². The molecule has 21 heavy (non-hydrogen) atoms. The Balaban J connectivity index is 2.50. The molecule has 0 aliphatic rings. The maximum absolute atomic E-state index is 13.3. The summed E-state index contributed by atoms with van der Waals surface area (Å²) in [5, 5.41) is 0. The van der Waals surface area contributed by atoms with Gasteiger partial charge in [-0.3, -0.25) is 4.79 Å². The van der Waals surface area contributed by atoms with E-state index in [2.05, 4.69) is 0 Å². The van der Waals surface area contributed by atoms with Crippen LogP contribution in [0.4, 0.5) is 4.39 Å². The van der Waals surface area contributed by atoms with Crippen LogP contribution in [0.5, 0.6) is 23.0 Å². The highest BCUT2D eigenvalue weighted by atomic mass is 19.1. The first-order valence-corrected chi connectivity index (χ1v) is 6.26. The average Bonchev–Trinajstić information content (AvgIpc) is 2.48. The van der Waals surface area contributed by atoms with E-state index in [4.69, 9.17) is 14.2 Å². The number of carbonyl (C=O) groups excluding carboxylic acids is 1. The Bertz CT molecular complexity index is 645. The SMILES string of the molecule is COc1cccc(OC)c1Oc1ccc(F)cc1C(C)=O. The van der Waals surface area contributed by atoms with Gasteiger partial charge in [0.15, 0.2) is 17.3 Å². The predicted molar refractivity (Wildman–Crippen MR) is 76.0 cm³/mol. The summed E-state index contributed by atoms with van der Waals surface area (Å²) in [6, 6.07) is 8.92. The van der Waals surface area contributed by atoms with E-state index >= 15 is 0 Å². The van der Waals surface area contributed by atoms with Crippen LogP contribution in [0, 0.1) is 5.82 Å². The van der Waals surface area contributed by atoms with Gasteiger partial charge in [-0.1, -0.05) is 6.07 Å². The molecule has 2 rings (SSSR count). The zero-order chi connectivity index (χ0) is 15.4. The molecule has 0 aliphatic heterocycles. The molecule has 0 atom stereocenters. The van der Waals surface area contributed by atoms with Gasteiger partial charge in [0.25, 0.3) is 0 Å². The molecule has 0 fully saturated rings. The van der Waals surface area contributed by atoms with Crippen molar-refractivity contribution in [1.82, 2.24) is 0 Å². The van der Waals surface area contributed by atoms with E-state index in [-0.39, 0.29) is 17.1 Å². The third-order valence-electron chi connectivity index (χ3n) is 2.92. The quantitative estimate of drug-likeness (QED) is 0.785. The standard InChI is InChI=1S/C16H15FO4/c1-10(18)12-9-11(17)7-8-13(12)21-16-14(19-2)5-4-6-15(16)20-3/h4-9H,1-3H3. The Labute approximate surface area is 122 Å². The topological polar surface area (TPSA) is 44.8 Å². The number of halogens is 1. The summed E-state index contributed by atoms with van der Waals surface area (Å²) in [5.41, 5.74) is 0.156. The highest BCUT2D eigenvalue weighted by Gasteiger charge is 2.16. The lowest BCUT2D eigenvalue weighted by Crippen LogP contribution is -2.00. The largest absolute Gasteiger partial charge is 0.493 e. The van der Waals surface area contributed by atoms with Gasteiger partial charge in [0, 0.05) is 0 Å². The molecule has 0 heterocycles. The first-order chi connectivity index (χ1) is 10.1. The molecule has 0 radical (unpaired) electrons. The molecule has 110 valence electrons. The third-order valence-corrected chi connectivity index (χ3v) is 2.92. The van der Waals surface area contributed by atoms with E-state index in [0.717, 1.165) is 6.07 Å². The summed E-state index contributed by atoms with van der Waals surface area (Å²) in [6.07, 6.45) is 0. The number of methoxy groups -OCH3 is 2. The summed E-state index contributed by atoms with van der Waals surface area (Å²) in [5.74, 6) is 0.683. The molecule has 2 aromatic rings. The zero-order valence-electron chi connectivity index (χ0n) is 12.0. The van der Waals surface area contributed by atoms with E-state index in [1.165, 1.54) is 33.3 Å². The van der Waals surface area contributed by atoms with Crippen molar-refractivity contribution >= 4 is 5.78 Å². The second-order valence-electron chi connectivity index (χ2n) is 4.29. The number of rotatable bonds is 5. The lowest BCUT2D eigenvalue weighted by Gasteiger charge is -2.15. The van der Waals surface area contributed by atoms with Gasteiger partial charge in [-0.25, -0.2) is 4.39 Å². The molecule has 0 saturated heterocycles. The van der Waals surface area contributed by atoms with Crippen LogP contribution in [0.25, 0.3) is 0 Å². The normalized spacial score (nSPS) is 10.1. The van der Waals surface area contributed by atoms with Crippen LogP contribution in [0.15, 0.2) is 36.4 Å². The molecule has 0 saturated carbocycles. The average molecular weight is 290 g/mol. The van der Waals surface area contributed by atoms with Crippen molar-refractivity contribution in [3.8, 4) is 23.0 Å². The van der Waals surface area contributed by atoms with Gasteiger partial charge in [0.05, 0.1) is 19.8 Å². The van der Waals surface area contributed by atoms with Gasteiger partial charge < -0.3 is 14.2 Å². The Morgan fingerprint density at radius 2 is 1.62 bits per heavy atom. The summed E-state index contributed by atoms with van der Waals surface area (Å²) >= 11 is 0. The summed E-state index contributed by atoms with van der Waals surface area (Å²) in [6.45, 7) is 1.35. The summed E-state index contributed by atoms with van der Waals surface area (Å²) in [7, 11) is 3.00. The number of hydrogen-bond donors (Lipinski definition) is 0. The smallest absolute Gasteiger partial charge is 0.211 e. The molecule has 0 N–H and O–H groups in total. The van der Waals surface area contributed by atoms with Gasteiger partial charge in [-0.15, -0.1) is 0 Å². The highest BCUT2D eigenvalue weighted by molar-refractivity contribution is 5.97. The van der Waals surface area contributed by atoms with Crippen LogP contribution in [0.3, 0.4) is 0 Å². The minimum atomic E-state index is -0.500. The molecule has 2 aromatic carbocycles. The van der Waals surface area contributed by atoms with E-state index in [0.29, 0.717) is 17.2 Å². The molecule has 5 heteroatoms.